The van der Waals surface area contributed by atoms with E-state index in [1.165, 1.54) is 0 Å². The summed E-state index contributed by atoms with van der Waals surface area (Å²) in [5.74, 6) is -1.84. The van der Waals surface area contributed by atoms with E-state index in [9.17, 15) is 14.4 Å². The second-order valence-electron chi connectivity index (χ2n) is 4.25. The monoisotopic (exact) mass is 381 g/mol. The van der Waals surface area contributed by atoms with Crippen LogP contribution in [0.1, 0.15) is 20.7 Å². The summed E-state index contributed by atoms with van der Waals surface area (Å²) < 4.78 is 0.0626. The maximum Gasteiger partial charge on any atom is 0.342 e. The molecular weight excluding hydrogens is 373 g/mol. The number of rotatable bonds is 2. The van der Waals surface area contributed by atoms with Crippen molar-refractivity contribution in [2.24, 2.45) is 0 Å². The Morgan fingerprint density at radius 2 is 1.55 bits per heavy atom. The lowest BCUT2D eigenvalue weighted by atomic mass is 10.0. The normalized spacial score (nSPS) is 13.8. The van der Waals surface area contributed by atoms with E-state index in [0.717, 1.165) is 10.8 Å². The Bertz CT molecular complexity index is 701. The first kappa shape index (κ1) is 13.0. The molecule has 6 heteroatoms. The Morgan fingerprint density at radius 3 is 2.00 bits per heavy atom. The number of benzene rings is 2. The Kier molecular flexibility index (Phi) is 3.17. The molecule has 0 aliphatic carbocycles. The molecule has 0 atom stereocenters. The molecule has 0 saturated heterocycles. The quantitative estimate of drug-likeness (QED) is 0.455. The fraction of sp³-hybridized carbons (Fsp3) is 0.0714. The number of nitrogens with zero attached hydrogens (tertiary/aromatic N) is 1. The van der Waals surface area contributed by atoms with Gasteiger partial charge in [-0.2, -0.15) is 0 Å². The van der Waals surface area contributed by atoms with Crippen molar-refractivity contribution >= 4 is 51.1 Å². The lowest BCUT2D eigenvalue weighted by Crippen LogP contribution is -2.33. The summed E-state index contributed by atoms with van der Waals surface area (Å²) in [6.45, 7) is 0. The zero-order valence-corrected chi connectivity index (χ0v) is 12.3. The first-order chi connectivity index (χ1) is 9.61. The maximum absolute atomic E-state index is 12.1. The molecule has 0 radical (unpaired) electrons. The van der Waals surface area contributed by atoms with Gasteiger partial charge in [-0.15, -0.1) is 0 Å². The molecule has 2 amide bonds. The average Bonchev–Trinajstić information content (AvgIpc) is 2.70. The number of carbonyl (C=O) groups is 3. The number of fused-ring (bicyclic) bond motifs is 2. The highest BCUT2D eigenvalue weighted by Crippen LogP contribution is 2.28. The largest absolute Gasteiger partial charge is 0.342 e. The number of imide groups is 1. The molecule has 0 N–H and O–H groups in total. The molecule has 0 saturated carbocycles. The molecule has 2 aromatic rings. The van der Waals surface area contributed by atoms with E-state index in [0.29, 0.717) is 5.06 Å². The standard InChI is InChI=1S/C14H8INO4/c15-7-12(17)20-16-13(18)10-5-8-3-1-2-4-9(8)6-11(10)14(16)19/h1-6H,7H2. The van der Waals surface area contributed by atoms with E-state index >= 15 is 0 Å². The summed E-state index contributed by atoms with van der Waals surface area (Å²) in [7, 11) is 0. The summed E-state index contributed by atoms with van der Waals surface area (Å²) in [5.41, 5.74) is 0.518. The summed E-state index contributed by atoms with van der Waals surface area (Å²) in [6, 6.07) is 10.7. The van der Waals surface area contributed by atoms with Crippen molar-refractivity contribution in [3.05, 3.63) is 47.5 Å². The number of hydroxylamine groups is 2. The van der Waals surface area contributed by atoms with Crippen LogP contribution in [-0.2, 0) is 9.63 Å². The molecule has 3 rings (SSSR count). The van der Waals surface area contributed by atoms with Crippen molar-refractivity contribution < 1.29 is 19.2 Å². The molecule has 0 spiro atoms. The van der Waals surface area contributed by atoms with E-state index in [1.807, 2.05) is 24.3 Å². The molecule has 1 aliphatic heterocycles. The van der Waals surface area contributed by atoms with E-state index in [4.69, 9.17) is 4.84 Å². The van der Waals surface area contributed by atoms with Crippen LogP contribution in [0.15, 0.2) is 36.4 Å². The average molecular weight is 381 g/mol. The Labute approximate surface area is 127 Å². The smallest absolute Gasteiger partial charge is 0.329 e. The molecule has 1 aliphatic rings. The third-order valence-corrected chi connectivity index (χ3v) is 3.64. The van der Waals surface area contributed by atoms with Crippen LogP contribution in [-0.4, -0.2) is 27.3 Å². The fourth-order valence-electron chi connectivity index (χ4n) is 2.11. The van der Waals surface area contributed by atoms with Crippen LogP contribution in [0.2, 0.25) is 0 Å². The second-order valence-corrected chi connectivity index (χ2v) is 5.01. The zero-order valence-electron chi connectivity index (χ0n) is 10.1. The lowest BCUT2D eigenvalue weighted by Gasteiger charge is -2.11. The summed E-state index contributed by atoms with van der Waals surface area (Å²) in [6.07, 6.45) is 0. The summed E-state index contributed by atoms with van der Waals surface area (Å²) in [4.78, 5) is 40.3. The molecule has 0 fully saturated rings. The number of hydrogen-bond donors (Lipinski definition) is 0. The molecule has 5 nitrogen and oxygen atoms in total. The molecule has 0 bridgehead atoms. The number of halogens is 1. The van der Waals surface area contributed by atoms with Crippen LogP contribution < -0.4 is 0 Å². The van der Waals surface area contributed by atoms with Crippen molar-refractivity contribution in [1.29, 1.82) is 0 Å². The predicted molar refractivity (Wildman–Crippen MR) is 79.4 cm³/mol. The van der Waals surface area contributed by atoms with Gasteiger partial charge in [0.1, 0.15) is 4.43 Å². The molecule has 100 valence electrons. The first-order valence-corrected chi connectivity index (χ1v) is 7.32. The predicted octanol–water partition coefficient (Wildman–Crippen LogP) is 2.33. The fourth-order valence-corrected chi connectivity index (χ4v) is 2.25. The van der Waals surface area contributed by atoms with Crippen LogP contribution in [0, 0.1) is 0 Å². The summed E-state index contributed by atoms with van der Waals surface area (Å²) >= 11 is 1.80. The second kappa shape index (κ2) is 4.86. The van der Waals surface area contributed by atoms with E-state index < -0.39 is 17.8 Å². The molecule has 1 heterocycles. The Balaban J connectivity index is 2.08. The highest BCUT2D eigenvalue weighted by Gasteiger charge is 2.39. The molecule has 20 heavy (non-hydrogen) atoms. The van der Waals surface area contributed by atoms with Crippen molar-refractivity contribution in [3.8, 4) is 0 Å². The van der Waals surface area contributed by atoms with Crippen molar-refractivity contribution in [3.63, 3.8) is 0 Å². The first-order valence-electron chi connectivity index (χ1n) is 5.80. The van der Waals surface area contributed by atoms with E-state index in [1.54, 1.807) is 34.7 Å². The minimum absolute atomic E-state index is 0.0626. The molecular formula is C14H8INO4. The van der Waals surface area contributed by atoms with E-state index in [2.05, 4.69) is 0 Å². The van der Waals surface area contributed by atoms with Gasteiger partial charge >= 0.3 is 5.97 Å². The van der Waals surface area contributed by atoms with Crippen molar-refractivity contribution in [2.75, 3.05) is 4.43 Å². The SMILES string of the molecule is O=C(CI)ON1C(=O)c2cc3ccccc3cc2C1=O. The van der Waals surface area contributed by atoms with Crippen LogP contribution in [0.25, 0.3) is 10.8 Å². The molecule has 2 aromatic carbocycles. The van der Waals surface area contributed by atoms with Crippen molar-refractivity contribution in [1.82, 2.24) is 5.06 Å². The third-order valence-electron chi connectivity index (χ3n) is 3.02. The van der Waals surface area contributed by atoms with Gasteiger partial charge in [-0.3, -0.25) is 9.59 Å². The number of carbonyl (C=O) groups excluding carboxylic acids is 3. The van der Waals surface area contributed by atoms with Crippen molar-refractivity contribution in [2.45, 2.75) is 0 Å². The molecule has 0 aromatic heterocycles. The van der Waals surface area contributed by atoms with Gasteiger partial charge in [0.25, 0.3) is 11.8 Å². The van der Waals surface area contributed by atoms with Gasteiger partial charge < -0.3 is 4.84 Å². The van der Waals surface area contributed by atoms with E-state index in [-0.39, 0.29) is 15.6 Å². The van der Waals surface area contributed by atoms with Crippen LogP contribution >= 0.6 is 22.6 Å². The van der Waals surface area contributed by atoms with Gasteiger partial charge in [-0.05, 0) is 22.9 Å². The third kappa shape index (κ3) is 1.96. The Morgan fingerprint density at radius 1 is 1.05 bits per heavy atom. The van der Waals surface area contributed by atoms with Crippen LogP contribution in [0.5, 0.6) is 0 Å². The number of hydrogen-bond acceptors (Lipinski definition) is 4. The zero-order chi connectivity index (χ0) is 14.3. The van der Waals surface area contributed by atoms with Crippen LogP contribution in [0.4, 0.5) is 0 Å². The number of amides is 2. The van der Waals surface area contributed by atoms with Crippen LogP contribution in [0.3, 0.4) is 0 Å². The lowest BCUT2D eigenvalue weighted by molar-refractivity contribution is -0.164. The van der Waals surface area contributed by atoms with Gasteiger partial charge in [0.2, 0.25) is 0 Å². The van der Waals surface area contributed by atoms with Gasteiger partial charge in [0.05, 0.1) is 11.1 Å². The highest BCUT2D eigenvalue weighted by molar-refractivity contribution is 14.1. The minimum atomic E-state index is -0.635. The number of alkyl halides is 1. The Hall–Kier alpha value is -1.96. The topological polar surface area (TPSA) is 63.7 Å². The summed E-state index contributed by atoms with van der Waals surface area (Å²) in [5, 5.41) is 2.24. The highest BCUT2D eigenvalue weighted by atomic mass is 127. The molecule has 0 unspecified atom stereocenters. The van der Waals surface area contributed by atoms with Gasteiger partial charge in [-0.1, -0.05) is 51.9 Å². The van der Waals surface area contributed by atoms with Gasteiger partial charge in [-0.25, -0.2) is 4.79 Å². The minimum Gasteiger partial charge on any atom is -0.329 e. The maximum atomic E-state index is 12.1. The van der Waals surface area contributed by atoms with Gasteiger partial charge in [0, 0.05) is 0 Å². The van der Waals surface area contributed by atoms with Gasteiger partial charge in [0.15, 0.2) is 0 Å².